The van der Waals surface area contributed by atoms with Gasteiger partial charge in [0.2, 0.25) is 0 Å². The highest BCUT2D eigenvalue weighted by Gasteiger charge is 2.19. The second kappa shape index (κ2) is 67.6. The van der Waals surface area contributed by atoms with Crippen LogP contribution in [0.15, 0.2) is 60.8 Å². The van der Waals surface area contributed by atoms with Crippen molar-refractivity contribution < 1.29 is 28.6 Å². The normalized spacial score (nSPS) is 12.4. The first-order valence-electron chi connectivity index (χ1n) is 34.8. The molecule has 6 nitrogen and oxygen atoms in total. The van der Waals surface area contributed by atoms with E-state index in [1.807, 2.05) is 0 Å². The van der Waals surface area contributed by atoms with Crippen LogP contribution in [0.5, 0.6) is 0 Å². The fraction of sp³-hybridized carbons (Fsp3) is 0.822. The highest BCUT2D eigenvalue weighted by atomic mass is 16.6. The van der Waals surface area contributed by atoms with Crippen LogP contribution in [0, 0.1) is 0 Å². The molecule has 0 bridgehead atoms. The van der Waals surface area contributed by atoms with Gasteiger partial charge in [0, 0.05) is 19.3 Å². The largest absolute Gasteiger partial charge is 0.462 e. The molecule has 0 radical (unpaired) electrons. The molecule has 1 unspecified atom stereocenters. The Labute approximate surface area is 491 Å². The van der Waals surface area contributed by atoms with E-state index in [0.717, 1.165) is 89.9 Å². The number of esters is 3. The van der Waals surface area contributed by atoms with Crippen molar-refractivity contribution >= 4 is 17.9 Å². The van der Waals surface area contributed by atoms with Gasteiger partial charge in [-0.2, -0.15) is 0 Å². The summed E-state index contributed by atoms with van der Waals surface area (Å²) < 4.78 is 16.9. The van der Waals surface area contributed by atoms with E-state index in [-0.39, 0.29) is 31.1 Å². The number of hydrogen-bond donors (Lipinski definition) is 0. The summed E-state index contributed by atoms with van der Waals surface area (Å²) in [7, 11) is 0. The monoisotopic (exact) mass is 1110 g/mol. The van der Waals surface area contributed by atoms with Crippen molar-refractivity contribution in [1.82, 2.24) is 0 Å². The summed E-state index contributed by atoms with van der Waals surface area (Å²) in [6.45, 7) is 6.54. The number of carbonyl (C=O) groups excluding carboxylic acids is 3. The molecule has 0 aliphatic carbocycles. The molecule has 0 saturated heterocycles. The average Bonchev–Trinajstić information content (AvgIpc) is 3.45. The molecule has 0 N–H and O–H groups in total. The van der Waals surface area contributed by atoms with E-state index in [1.165, 1.54) is 238 Å². The first kappa shape index (κ1) is 76.1. The zero-order chi connectivity index (χ0) is 57.1. The maximum atomic E-state index is 12.9. The fourth-order valence-electron chi connectivity index (χ4n) is 10.3. The van der Waals surface area contributed by atoms with E-state index in [4.69, 9.17) is 14.2 Å². The van der Waals surface area contributed by atoms with Gasteiger partial charge in [0.15, 0.2) is 6.10 Å². The van der Waals surface area contributed by atoms with Crippen LogP contribution in [0.4, 0.5) is 0 Å². The topological polar surface area (TPSA) is 78.9 Å². The number of ether oxygens (including phenoxy) is 3. The molecule has 0 rings (SSSR count). The van der Waals surface area contributed by atoms with Gasteiger partial charge in [-0.1, -0.05) is 332 Å². The molecule has 0 aromatic carbocycles. The quantitative estimate of drug-likeness (QED) is 0.0261. The van der Waals surface area contributed by atoms with Gasteiger partial charge < -0.3 is 14.2 Å². The smallest absolute Gasteiger partial charge is 0.306 e. The molecule has 0 saturated carbocycles. The molecule has 0 spiro atoms. The van der Waals surface area contributed by atoms with Crippen molar-refractivity contribution in [2.45, 2.75) is 374 Å². The second-order valence-corrected chi connectivity index (χ2v) is 23.4. The summed E-state index contributed by atoms with van der Waals surface area (Å²) >= 11 is 0. The summed E-state index contributed by atoms with van der Waals surface area (Å²) in [5.74, 6) is -0.856. The fourth-order valence-corrected chi connectivity index (χ4v) is 10.3. The Morgan fingerprint density at radius 1 is 0.266 bits per heavy atom. The molecule has 1 atom stereocenters. The molecule has 0 fully saturated rings. The minimum Gasteiger partial charge on any atom is -0.462 e. The Balaban J connectivity index is 4.13. The number of carbonyl (C=O) groups is 3. The van der Waals surface area contributed by atoms with Crippen LogP contribution < -0.4 is 0 Å². The van der Waals surface area contributed by atoms with Crippen molar-refractivity contribution in [3.63, 3.8) is 0 Å². The van der Waals surface area contributed by atoms with E-state index >= 15 is 0 Å². The predicted molar refractivity (Wildman–Crippen MR) is 344 cm³/mol. The van der Waals surface area contributed by atoms with Gasteiger partial charge in [0.05, 0.1) is 0 Å². The highest BCUT2D eigenvalue weighted by Crippen LogP contribution is 2.18. The number of unbranched alkanes of at least 4 members (excludes halogenated alkanes) is 43. The predicted octanol–water partition coefficient (Wildman–Crippen LogP) is 23.9. The van der Waals surface area contributed by atoms with Crippen LogP contribution in [-0.4, -0.2) is 37.2 Å². The van der Waals surface area contributed by atoms with Gasteiger partial charge in [-0.25, -0.2) is 0 Å². The van der Waals surface area contributed by atoms with Crippen LogP contribution in [0.2, 0.25) is 0 Å². The van der Waals surface area contributed by atoms with Crippen LogP contribution in [0.1, 0.15) is 367 Å². The van der Waals surface area contributed by atoms with Crippen LogP contribution in [0.25, 0.3) is 0 Å². The van der Waals surface area contributed by atoms with E-state index in [9.17, 15) is 14.4 Å². The van der Waals surface area contributed by atoms with E-state index in [1.54, 1.807) is 0 Å². The molecule has 0 aliphatic heterocycles. The van der Waals surface area contributed by atoms with E-state index in [0.29, 0.717) is 19.3 Å². The molecule has 0 aliphatic rings. The number of allylic oxidation sites excluding steroid dienone is 10. The van der Waals surface area contributed by atoms with Gasteiger partial charge in [-0.05, 0) is 77.0 Å². The minimum atomic E-state index is -0.774. The number of rotatable bonds is 64. The van der Waals surface area contributed by atoms with Crippen molar-refractivity contribution in [3.8, 4) is 0 Å². The first-order chi connectivity index (χ1) is 39.0. The standard InChI is InChI=1S/C73H132O6/c1-4-7-10-13-16-19-22-24-26-28-30-31-32-33-34-35-36-37-38-39-40-41-43-44-46-48-51-54-57-60-63-66-72(75)78-69-70(68-77-71(74)65-62-59-56-53-50-21-18-15-12-9-6-3)79-73(76)67-64-61-58-55-52-49-47-45-42-29-27-25-23-20-17-14-11-8-5-2/h7,10,15-16,18-19,24,26,30-31,70H,4-6,8-9,11-14,17,20-23,25,27-29,32-69H2,1-3H3/b10-7-,18-15-,19-16-,26-24-,31-30-. The third-order valence-electron chi connectivity index (χ3n) is 15.5. The molecule has 460 valence electrons. The maximum absolute atomic E-state index is 12.9. The average molecular weight is 1110 g/mol. The zero-order valence-electron chi connectivity index (χ0n) is 52.9. The van der Waals surface area contributed by atoms with Gasteiger partial charge >= 0.3 is 17.9 Å². The summed E-state index contributed by atoms with van der Waals surface area (Å²) in [5, 5.41) is 0. The van der Waals surface area contributed by atoms with Crippen LogP contribution >= 0.6 is 0 Å². The summed E-state index contributed by atoms with van der Waals surface area (Å²) in [5.41, 5.74) is 0. The lowest BCUT2D eigenvalue weighted by molar-refractivity contribution is -0.167. The third kappa shape index (κ3) is 65.8. The van der Waals surface area contributed by atoms with Gasteiger partial charge in [0.25, 0.3) is 0 Å². The minimum absolute atomic E-state index is 0.0709. The van der Waals surface area contributed by atoms with Crippen molar-refractivity contribution in [2.75, 3.05) is 13.2 Å². The molecule has 0 aromatic heterocycles. The van der Waals surface area contributed by atoms with Gasteiger partial charge in [0.1, 0.15) is 13.2 Å². The molecule has 6 heteroatoms. The van der Waals surface area contributed by atoms with Crippen molar-refractivity contribution in [2.24, 2.45) is 0 Å². The molecular formula is C73H132O6. The van der Waals surface area contributed by atoms with Gasteiger partial charge in [-0.3, -0.25) is 14.4 Å². The lowest BCUT2D eigenvalue weighted by atomic mass is 10.0. The second-order valence-electron chi connectivity index (χ2n) is 23.4. The zero-order valence-corrected chi connectivity index (χ0v) is 52.9. The molecule has 0 amide bonds. The molecule has 0 heterocycles. The van der Waals surface area contributed by atoms with E-state index in [2.05, 4.69) is 81.5 Å². The Morgan fingerprint density at radius 3 is 0.823 bits per heavy atom. The molecule has 79 heavy (non-hydrogen) atoms. The Bertz CT molecular complexity index is 1410. The summed E-state index contributed by atoms with van der Waals surface area (Å²) in [4.78, 5) is 38.3. The summed E-state index contributed by atoms with van der Waals surface area (Å²) in [6, 6.07) is 0. The Hall–Kier alpha value is -2.89. The Morgan fingerprint density at radius 2 is 0.506 bits per heavy atom. The van der Waals surface area contributed by atoms with Crippen LogP contribution in [0.3, 0.4) is 0 Å². The molecule has 0 aromatic rings. The van der Waals surface area contributed by atoms with Crippen molar-refractivity contribution in [3.05, 3.63) is 60.8 Å². The number of hydrogen-bond acceptors (Lipinski definition) is 6. The lowest BCUT2D eigenvalue weighted by Gasteiger charge is -2.18. The maximum Gasteiger partial charge on any atom is 0.306 e. The lowest BCUT2D eigenvalue weighted by Crippen LogP contribution is -2.30. The highest BCUT2D eigenvalue weighted by molar-refractivity contribution is 5.71. The molecular weight excluding hydrogens is 973 g/mol. The first-order valence-corrected chi connectivity index (χ1v) is 34.8. The Kier molecular flexibility index (Phi) is 65.1. The van der Waals surface area contributed by atoms with E-state index < -0.39 is 6.10 Å². The SMILES string of the molecule is CC/C=C\C/C=C\C/C=C\C/C=C\CCCCCCCCCCCCCCCCCCCCC(=O)OCC(COC(=O)CCCCCCC/C=C\CCCC)OC(=O)CCCCCCCCCCCCCCCCCCCCC. The van der Waals surface area contributed by atoms with Gasteiger partial charge in [-0.15, -0.1) is 0 Å². The van der Waals surface area contributed by atoms with Crippen LogP contribution in [-0.2, 0) is 28.6 Å². The third-order valence-corrected chi connectivity index (χ3v) is 15.5. The summed E-state index contributed by atoms with van der Waals surface area (Å²) in [6.07, 6.45) is 86.9. The van der Waals surface area contributed by atoms with Crippen molar-refractivity contribution in [1.29, 1.82) is 0 Å².